The average Bonchev–Trinajstić information content (AvgIpc) is 3.10. The summed E-state index contributed by atoms with van der Waals surface area (Å²) in [6.45, 7) is 2.49. The Hall–Kier alpha value is -1.10. The van der Waals surface area contributed by atoms with Crippen LogP contribution >= 0.6 is 11.6 Å². The van der Waals surface area contributed by atoms with Crippen LogP contribution < -0.4 is 10.9 Å². The number of amides is 1. The first-order valence-electron chi connectivity index (χ1n) is 6.78. The molecule has 2 aliphatic heterocycles. The molecule has 0 saturated carbocycles. The number of hydrogen-bond donors (Lipinski definition) is 2. The Morgan fingerprint density at radius 1 is 1.21 bits per heavy atom. The van der Waals surface area contributed by atoms with Gasteiger partial charge < -0.3 is 4.90 Å². The lowest BCUT2D eigenvalue weighted by atomic mass is 9.94. The van der Waals surface area contributed by atoms with Crippen molar-refractivity contribution in [3.05, 3.63) is 34.9 Å². The van der Waals surface area contributed by atoms with Crippen molar-refractivity contribution < 1.29 is 4.79 Å². The molecule has 102 valence electrons. The smallest absolute Gasteiger partial charge is 0.229 e. The van der Waals surface area contributed by atoms with Crippen LogP contribution in [-0.4, -0.2) is 30.4 Å². The Labute approximate surface area is 118 Å². The second-order valence-electron chi connectivity index (χ2n) is 5.19. The van der Waals surface area contributed by atoms with Crippen molar-refractivity contribution in [2.24, 2.45) is 5.92 Å². The highest BCUT2D eigenvalue weighted by molar-refractivity contribution is 6.30. The van der Waals surface area contributed by atoms with Crippen LogP contribution in [0.1, 0.15) is 24.4 Å². The third-order valence-electron chi connectivity index (χ3n) is 3.95. The van der Waals surface area contributed by atoms with Crippen LogP contribution in [-0.2, 0) is 4.79 Å². The van der Waals surface area contributed by atoms with Crippen LogP contribution in [0.15, 0.2) is 24.3 Å². The minimum absolute atomic E-state index is 0.0284. The first-order chi connectivity index (χ1) is 9.25. The number of rotatable bonds is 2. The van der Waals surface area contributed by atoms with Crippen LogP contribution in [0.5, 0.6) is 0 Å². The van der Waals surface area contributed by atoms with Crippen molar-refractivity contribution in [2.45, 2.75) is 18.9 Å². The van der Waals surface area contributed by atoms with Crippen LogP contribution in [0, 0.1) is 5.92 Å². The summed E-state index contributed by atoms with van der Waals surface area (Å²) in [5.41, 5.74) is 7.42. The summed E-state index contributed by atoms with van der Waals surface area (Å²) in [7, 11) is 0. The molecule has 4 nitrogen and oxygen atoms in total. The molecular formula is C14H18ClN3O. The molecule has 0 bridgehead atoms. The fourth-order valence-electron chi connectivity index (χ4n) is 2.88. The number of carbonyl (C=O) groups excluding carboxylic acids is 1. The van der Waals surface area contributed by atoms with E-state index in [1.54, 1.807) is 0 Å². The van der Waals surface area contributed by atoms with E-state index < -0.39 is 0 Å². The molecule has 0 spiro atoms. The van der Waals surface area contributed by atoms with E-state index in [-0.39, 0.29) is 17.9 Å². The van der Waals surface area contributed by atoms with Gasteiger partial charge in [0, 0.05) is 24.7 Å². The summed E-state index contributed by atoms with van der Waals surface area (Å²) in [5, 5.41) is 0.720. The van der Waals surface area contributed by atoms with Crippen molar-refractivity contribution in [2.75, 3.05) is 19.6 Å². The van der Waals surface area contributed by atoms with Crippen LogP contribution in [0.2, 0.25) is 5.02 Å². The number of hydrogen-bond acceptors (Lipinski definition) is 3. The van der Waals surface area contributed by atoms with Gasteiger partial charge in [0.15, 0.2) is 0 Å². The Morgan fingerprint density at radius 3 is 2.58 bits per heavy atom. The minimum Gasteiger partial charge on any atom is -0.342 e. The van der Waals surface area contributed by atoms with E-state index in [4.69, 9.17) is 11.6 Å². The van der Waals surface area contributed by atoms with E-state index in [9.17, 15) is 4.79 Å². The van der Waals surface area contributed by atoms with Crippen LogP contribution in [0.4, 0.5) is 0 Å². The van der Waals surface area contributed by atoms with E-state index in [0.717, 1.165) is 36.5 Å². The van der Waals surface area contributed by atoms with Crippen molar-refractivity contribution in [1.29, 1.82) is 0 Å². The van der Waals surface area contributed by atoms with Crippen LogP contribution in [0.25, 0.3) is 0 Å². The molecule has 0 aliphatic carbocycles. The number of nitrogens with one attached hydrogen (secondary N) is 2. The van der Waals surface area contributed by atoms with E-state index in [1.165, 1.54) is 0 Å². The van der Waals surface area contributed by atoms with Gasteiger partial charge in [-0.2, -0.15) is 0 Å². The summed E-state index contributed by atoms with van der Waals surface area (Å²) < 4.78 is 0. The second kappa shape index (κ2) is 5.49. The maximum atomic E-state index is 12.5. The summed E-state index contributed by atoms with van der Waals surface area (Å²) >= 11 is 5.91. The molecule has 1 aromatic rings. The van der Waals surface area contributed by atoms with Gasteiger partial charge in [0.25, 0.3) is 0 Å². The molecule has 2 aliphatic rings. The zero-order chi connectivity index (χ0) is 13.2. The number of likely N-dealkylation sites (tertiary alicyclic amines) is 1. The van der Waals surface area contributed by atoms with Crippen molar-refractivity contribution in [3.8, 4) is 0 Å². The molecule has 1 aromatic carbocycles. The minimum atomic E-state index is -0.0284. The standard InChI is InChI=1S/C14H18ClN3O/c15-11-5-3-10(4-6-11)13-12(9-16-17-13)14(19)18-7-1-2-8-18/h3-6,12-13,16-17H,1-2,7-9H2. The highest BCUT2D eigenvalue weighted by Gasteiger charge is 2.36. The summed E-state index contributed by atoms with van der Waals surface area (Å²) in [5.74, 6) is 0.231. The van der Waals surface area contributed by atoms with Gasteiger partial charge in [0.2, 0.25) is 5.91 Å². The maximum Gasteiger partial charge on any atom is 0.229 e. The zero-order valence-electron chi connectivity index (χ0n) is 10.7. The lowest BCUT2D eigenvalue weighted by molar-refractivity contribution is -0.134. The number of halogens is 1. The third kappa shape index (κ3) is 2.61. The highest BCUT2D eigenvalue weighted by atomic mass is 35.5. The van der Waals surface area contributed by atoms with E-state index in [0.29, 0.717) is 6.54 Å². The number of hydrazine groups is 1. The zero-order valence-corrected chi connectivity index (χ0v) is 11.5. The number of nitrogens with zero attached hydrogens (tertiary/aromatic N) is 1. The molecule has 2 unspecified atom stereocenters. The van der Waals surface area contributed by atoms with Crippen molar-refractivity contribution in [3.63, 3.8) is 0 Å². The molecule has 2 atom stereocenters. The summed E-state index contributed by atoms with van der Waals surface area (Å²) in [6, 6.07) is 7.74. The fraction of sp³-hybridized carbons (Fsp3) is 0.500. The van der Waals surface area contributed by atoms with Gasteiger partial charge >= 0.3 is 0 Å². The lowest BCUT2D eigenvalue weighted by Gasteiger charge is -2.23. The molecular weight excluding hydrogens is 262 g/mol. The molecule has 1 amide bonds. The van der Waals surface area contributed by atoms with Gasteiger partial charge in [-0.25, -0.2) is 5.43 Å². The number of carbonyl (C=O) groups is 1. The van der Waals surface area contributed by atoms with Gasteiger partial charge in [0.1, 0.15) is 0 Å². The first kappa shape index (κ1) is 12.9. The summed E-state index contributed by atoms with van der Waals surface area (Å²) in [6.07, 6.45) is 2.26. The van der Waals surface area contributed by atoms with E-state index in [2.05, 4.69) is 10.9 Å². The quantitative estimate of drug-likeness (QED) is 0.867. The van der Waals surface area contributed by atoms with Gasteiger partial charge in [-0.1, -0.05) is 23.7 Å². The Kier molecular flexibility index (Phi) is 3.73. The first-order valence-corrected chi connectivity index (χ1v) is 7.16. The third-order valence-corrected chi connectivity index (χ3v) is 4.20. The van der Waals surface area contributed by atoms with Crippen molar-refractivity contribution in [1.82, 2.24) is 15.8 Å². The van der Waals surface area contributed by atoms with Crippen molar-refractivity contribution >= 4 is 17.5 Å². The van der Waals surface area contributed by atoms with Gasteiger partial charge in [0.05, 0.1) is 12.0 Å². The fourth-order valence-corrected chi connectivity index (χ4v) is 3.01. The largest absolute Gasteiger partial charge is 0.342 e. The predicted octanol–water partition coefficient (Wildman–Crippen LogP) is 1.73. The van der Waals surface area contributed by atoms with E-state index in [1.807, 2.05) is 29.2 Å². The molecule has 2 saturated heterocycles. The monoisotopic (exact) mass is 279 g/mol. The molecule has 2 heterocycles. The summed E-state index contributed by atoms with van der Waals surface area (Å²) in [4.78, 5) is 14.5. The lowest BCUT2D eigenvalue weighted by Crippen LogP contribution is -2.37. The highest BCUT2D eigenvalue weighted by Crippen LogP contribution is 2.28. The molecule has 2 fully saturated rings. The van der Waals surface area contributed by atoms with Gasteiger partial charge in [-0.3, -0.25) is 10.2 Å². The van der Waals surface area contributed by atoms with Gasteiger partial charge in [-0.05, 0) is 30.5 Å². The molecule has 5 heteroatoms. The maximum absolute atomic E-state index is 12.5. The molecule has 19 heavy (non-hydrogen) atoms. The topological polar surface area (TPSA) is 44.4 Å². The second-order valence-corrected chi connectivity index (χ2v) is 5.63. The number of benzene rings is 1. The van der Waals surface area contributed by atoms with E-state index >= 15 is 0 Å². The Morgan fingerprint density at radius 2 is 1.89 bits per heavy atom. The SMILES string of the molecule is O=C(C1CNNC1c1ccc(Cl)cc1)N1CCCC1. The Bertz CT molecular complexity index is 456. The molecule has 0 aromatic heterocycles. The Balaban J connectivity index is 1.77. The average molecular weight is 280 g/mol. The molecule has 0 radical (unpaired) electrons. The van der Waals surface area contributed by atoms with Crippen LogP contribution in [0.3, 0.4) is 0 Å². The normalized spacial score (nSPS) is 26.9. The molecule has 3 rings (SSSR count). The van der Waals surface area contributed by atoms with Gasteiger partial charge in [-0.15, -0.1) is 0 Å². The molecule has 2 N–H and O–H groups in total. The predicted molar refractivity (Wildman–Crippen MR) is 74.6 cm³/mol.